The Morgan fingerprint density at radius 1 is 1.43 bits per heavy atom. The van der Waals surface area contributed by atoms with Crippen LogP contribution in [0.2, 0.25) is 0 Å². The van der Waals surface area contributed by atoms with Crippen molar-refractivity contribution < 1.29 is 4.79 Å². The van der Waals surface area contributed by atoms with Crippen molar-refractivity contribution >= 4 is 16.8 Å². The fourth-order valence-electron chi connectivity index (χ4n) is 2.83. The summed E-state index contributed by atoms with van der Waals surface area (Å²) in [6, 6.07) is 7.62. The number of benzene rings is 1. The van der Waals surface area contributed by atoms with Gasteiger partial charge in [0.2, 0.25) is 5.91 Å². The molecule has 0 unspecified atom stereocenters. The van der Waals surface area contributed by atoms with Crippen LogP contribution in [0.1, 0.15) is 18.9 Å². The predicted molar refractivity (Wildman–Crippen MR) is 84.9 cm³/mol. The summed E-state index contributed by atoms with van der Waals surface area (Å²) in [5.74, 6) is 0.0454. The number of hydrogen-bond acceptors (Lipinski definition) is 2. The molecule has 2 aromatic rings. The molecule has 0 spiro atoms. The summed E-state index contributed by atoms with van der Waals surface area (Å²) in [6.07, 6.45) is 5.59. The molecule has 1 amide bonds. The Balaban J connectivity index is 1.71. The molecule has 2 heterocycles. The Bertz CT molecular complexity index is 686. The third kappa shape index (κ3) is 2.85. The molecule has 0 aliphatic carbocycles. The van der Waals surface area contributed by atoms with Gasteiger partial charge >= 0.3 is 0 Å². The van der Waals surface area contributed by atoms with E-state index in [0.717, 1.165) is 29.4 Å². The number of amides is 1. The van der Waals surface area contributed by atoms with Gasteiger partial charge in [0.25, 0.3) is 0 Å². The Kier molecular flexibility index (Phi) is 3.80. The molecule has 1 aliphatic heterocycles. The molecular weight excluding hydrogens is 262 g/mol. The average Bonchev–Trinajstić information content (AvgIpc) is 2.91. The van der Waals surface area contributed by atoms with Crippen LogP contribution in [0.4, 0.5) is 0 Å². The van der Waals surface area contributed by atoms with Gasteiger partial charge in [-0.2, -0.15) is 0 Å². The second-order valence-corrected chi connectivity index (χ2v) is 5.75. The van der Waals surface area contributed by atoms with E-state index in [4.69, 9.17) is 5.73 Å². The van der Waals surface area contributed by atoms with Gasteiger partial charge in [0.1, 0.15) is 0 Å². The minimum Gasteiger partial charge on any atom is -0.361 e. The summed E-state index contributed by atoms with van der Waals surface area (Å²) in [5, 5.41) is 1.15. The molecule has 3 rings (SSSR count). The molecule has 0 bridgehead atoms. The molecule has 0 saturated carbocycles. The molecule has 21 heavy (non-hydrogen) atoms. The smallest absolute Gasteiger partial charge is 0.240 e. The lowest BCUT2D eigenvalue weighted by Gasteiger charge is -2.28. The third-order valence-corrected chi connectivity index (χ3v) is 4.18. The lowest BCUT2D eigenvalue weighted by atomic mass is 10.0. The number of hydrogen-bond donors (Lipinski definition) is 2. The molecule has 1 aromatic heterocycles. The first-order chi connectivity index (χ1) is 10.1. The quantitative estimate of drug-likeness (QED) is 0.848. The van der Waals surface area contributed by atoms with Gasteiger partial charge in [0, 0.05) is 30.2 Å². The van der Waals surface area contributed by atoms with Crippen molar-refractivity contribution in [1.82, 2.24) is 9.88 Å². The minimum atomic E-state index is -0.476. The van der Waals surface area contributed by atoms with Crippen molar-refractivity contribution in [2.75, 3.05) is 13.1 Å². The van der Waals surface area contributed by atoms with E-state index in [1.54, 1.807) is 0 Å². The zero-order chi connectivity index (χ0) is 14.8. The number of H-pyrrole nitrogens is 1. The number of nitrogens with zero attached hydrogens (tertiary/aromatic N) is 1. The number of aromatic amines is 1. The monoisotopic (exact) mass is 283 g/mol. The van der Waals surface area contributed by atoms with Crippen molar-refractivity contribution in [3.05, 3.63) is 47.7 Å². The maximum atomic E-state index is 12.4. The molecule has 4 nitrogen and oxygen atoms in total. The Hall–Kier alpha value is -2.07. The Morgan fingerprint density at radius 3 is 3.00 bits per heavy atom. The fraction of sp³-hybridized carbons (Fsp3) is 0.353. The van der Waals surface area contributed by atoms with Crippen LogP contribution in [0.25, 0.3) is 10.9 Å². The Morgan fingerprint density at radius 2 is 2.24 bits per heavy atom. The zero-order valence-corrected chi connectivity index (χ0v) is 12.3. The van der Waals surface area contributed by atoms with Crippen LogP contribution in [-0.4, -0.2) is 34.9 Å². The topological polar surface area (TPSA) is 62.1 Å². The van der Waals surface area contributed by atoms with Gasteiger partial charge in [-0.3, -0.25) is 4.79 Å². The van der Waals surface area contributed by atoms with Gasteiger partial charge in [-0.15, -0.1) is 0 Å². The van der Waals surface area contributed by atoms with Gasteiger partial charge in [0.15, 0.2) is 0 Å². The van der Waals surface area contributed by atoms with Crippen molar-refractivity contribution in [3.8, 4) is 0 Å². The van der Waals surface area contributed by atoms with Crippen molar-refractivity contribution in [2.45, 2.75) is 25.8 Å². The number of aromatic nitrogens is 1. The SMILES string of the molecule is CC1=CCN(C(=O)[C@H](N)Cc2c[nH]c3ccccc23)CC1. The van der Waals surface area contributed by atoms with Crippen LogP contribution in [0, 0.1) is 0 Å². The number of nitrogens with two attached hydrogens (primary N) is 1. The van der Waals surface area contributed by atoms with Crippen LogP contribution in [0.15, 0.2) is 42.1 Å². The van der Waals surface area contributed by atoms with Gasteiger partial charge in [0.05, 0.1) is 6.04 Å². The second kappa shape index (κ2) is 5.74. The number of carbonyl (C=O) groups is 1. The van der Waals surface area contributed by atoms with E-state index in [2.05, 4.69) is 24.1 Å². The summed E-state index contributed by atoms with van der Waals surface area (Å²) in [5.41, 5.74) is 9.68. The highest BCUT2D eigenvalue weighted by Gasteiger charge is 2.23. The van der Waals surface area contributed by atoms with E-state index in [1.807, 2.05) is 29.3 Å². The van der Waals surface area contributed by atoms with E-state index >= 15 is 0 Å². The summed E-state index contributed by atoms with van der Waals surface area (Å²) in [6.45, 7) is 3.57. The predicted octanol–water partition coefficient (Wildman–Crippen LogP) is 2.22. The summed E-state index contributed by atoms with van der Waals surface area (Å²) in [4.78, 5) is 17.5. The van der Waals surface area contributed by atoms with Gasteiger partial charge in [-0.05, 0) is 31.4 Å². The minimum absolute atomic E-state index is 0.0454. The van der Waals surface area contributed by atoms with E-state index in [-0.39, 0.29) is 5.91 Å². The first-order valence-corrected chi connectivity index (χ1v) is 7.40. The highest BCUT2D eigenvalue weighted by molar-refractivity contribution is 5.86. The molecule has 0 saturated heterocycles. The van der Waals surface area contributed by atoms with Crippen molar-refractivity contribution in [2.24, 2.45) is 5.73 Å². The van der Waals surface area contributed by atoms with E-state index in [9.17, 15) is 4.79 Å². The van der Waals surface area contributed by atoms with Crippen molar-refractivity contribution in [3.63, 3.8) is 0 Å². The molecule has 1 aromatic carbocycles. The summed E-state index contributed by atoms with van der Waals surface area (Å²) < 4.78 is 0. The Labute approximate surface area is 124 Å². The normalized spacial score (nSPS) is 16.9. The number of para-hydroxylation sites is 1. The maximum absolute atomic E-state index is 12.4. The van der Waals surface area contributed by atoms with Gasteiger partial charge < -0.3 is 15.6 Å². The highest BCUT2D eigenvalue weighted by atomic mass is 16.2. The van der Waals surface area contributed by atoms with Gasteiger partial charge in [-0.25, -0.2) is 0 Å². The molecule has 0 radical (unpaired) electrons. The highest BCUT2D eigenvalue weighted by Crippen LogP contribution is 2.19. The molecule has 110 valence electrons. The molecule has 3 N–H and O–H groups in total. The van der Waals surface area contributed by atoms with Gasteiger partial charge in [-0.1, -0.05) is 29.8 Å². The van der Waals surface area contributed by atoms with E-state index < -0.39 is 6.04 Å². The molecule has 0 fully saturated rings. The molecule has 1 atom stereocenters. The van der Waals surface area contributed by atoms with Crippen LogP contribution >= 0.6 is 0 Å². The van der Waals surface area contributed by atoms with E-state index in [1.165, 1.54) is 5.57 Å². The van der Waals surface area contributed by atoms with Crippen molar-refractivity contribution in [1.29, 1.82) is 0 Å². The first-order valence-electron chi connectivity index (χ1n) is 7.40. The van der Waals surface area contributed by atoms with E-state index in [0.29, 0.717) is 13.0 Å². The lowest BCUT2D eigenvalue weighted by molar-refractivity contribution is -0.132. The molecule has 1 aliphatic rings. The number of fused-ring (bicyclic) bond motifs is 1. The average molecular weight is 283 g/mol. The molecular formula is C17H21N3O. The second-order valence-electron chi connectivity index (χ2n) is 5.75. The van der Waals surface area contributed by atoms with Crippen LogP contribution in [-0.2, 0) is 11.2 Å². The van der Waals surface area contributed by atoms with Crippen LogP contribution < -0.4 is 5.73 Å². The largest absolute Gasteiger partial charge is 0.361 e. The number of nitrogens with one attached hydrogen (secondary N) is 1. The maximum Gasteiger partial charge on any atom is 0.240 e. The summed E-state index contributed by atoms with van der Waals surface area (Å²) in [7, 11) is 0. The first kappa shape index (κ1) is 13.9. The molecule has 4 heteroatoms. The number of carbonyl (C=O) groups excluding carboxylic acids is 1. The third-order valence-electron chi connectivity index (χ3n) is 4.18. The summed E-state index contributed by atoms with van der Waals surface area (Å²) >= 11 is 0. The number of rotatable bonds is 3. The van der Waals surface area contributed by atoms with Crippen LogP contribution in [0.3, 0.4) is 0 Å². The lowest BCUT2D eigenvalue weighted by Crippen LogP contribution is -2.46. The zero-order valence-electron chi connectivity index (χ0n) is 12.3. The van der Waals surface area contributed by atoms with Crippen LogP contribution in [0.5, 0.6) is 0 Å². The standard InChI is InChI=1S/C17H21N3O/c1-12-6-8-20(9-7-12)17(21)15(18)10-13-11-19-16-5-3-2-4-14(13)16/h2-6,11,15,19H,7-10,18H2,1H3/t15-/m1/s1. The fourth-order valence-corrected chi connectivity index (χ4v) is 2.83.